The van der Waals surface area contributed by atoms with Crippen molar-refractivity contribution in [2.24, 2.45) is 0 Å². The highest BCUT2D eigenvalue weighted by Gasteiger charge is 2.21. The third-order valence-corrected chi connectivity index (χ3v) is 3.68. The lowest BCUT2D eigenvalue weighted by atomic mass is 9.94. The Balaban J connectivity index is 2.29. The van der Waals surface area contributed by atoms with Crippen molar-refractivity contribution in [1.29, 1.82) is 0 Å². The molecular weight excluding hydrogens is 226 g/mol. The van der Waals surface area contributed by atoms with E-state index in [0.29, 0.717) is 12.5 Å². The number of nitrogens with one attached hydrogen (secondary N) is 1. The van der Waals surface area contributed by atoms with Crippen LogP contribution in [0.15, 0.2) is 18.2 Å². The SMILES string of the molecule is CNCC(=O)c1ccc(OC)c(C2CCCC2)c1. The molecule has 1 aromatic carbocycles. The Hall–Kier alpha value is -1.35. The Bertz CT molecular complexity index is 423. The van der Waals surface area contributed by atoms with E-state index in [4.69, 9.17) is 4.74 Å². The summed E-state index contributed by atoms with van der Waals surface area (Å²) >= 11 is 0. The van der Waals surface area contributed by atoms with E-state index in [1.807, 2.05) is 18.2 Å². The molecule has 3 heteroatoms. The van der Waals surface area contributed by atoms with Crippen LogP contribution >= 0.6 is 0 Å². The van der Waals surface area contributed by atoms with Crippen LogP contribution in [0.25, 0.3) is 0 Å². The molecule has 0 atom stereocenters. The van der Waals surface area contributed by atoms with Gasteiger partial charge in [-0.25, -0.2) is 0 Å². The molecule has 1 fully saturated rings. The van der Waals surface area contributed by atoms with Gasteiger partial charge in [-0.3, -0.25) is 4.79 Å². The molecule has 2 rings (SSSR count). The van der Waals surface area contributed by atoms with Crippen LogP contribution < -0.4 is 10.1 Å². The Morgan fingerprint density at radius 3 is 2.72 bits per heavy atom. The number of benzene rings is 1. The van der Waals surface area contributed by atoms with Crippen LogP contribution in [-0.2, 0) is 0 Å². The highest BCUT2D eigenvalue weighted by atomic mass is 16.5. The topological polar surface area (TPSA) is 38.3 Å². The number of hydrogen-bond acceptors (Lipinski definition) is 3. The first-order chi connectivity index (χ1) is 8.76. The zero-order valence-corrected chi connectivity index (χ0v) is 11.2. The van der Waals surface area contributed by atoms with Crippen LogP contribution in [0, 0.1) is 0 Å². The van der Waals surface area contributed by atoms with Crippen molar-refractivity contribution in [2.45, 2.75) is 31.6 Å². The summed E-state index contributed by atoms with van der Waals surface area (Å²) in [7, 11) is 3.49. The maximum atomic E-state index is 11.9. The van der Waals surface area contributed by atoms with Gasteiger partial charge in [-0.2, -0.15) is 0 Å². The smallest absolute Gasteiger partial charge is 0.176 e. The molecule has 0 amide bonds. The average Bonchev–Trinajstić information content (AvgIpc) is 2.92. The Labute approximate surface area is 109 Å². The Morgan fingerprint density at radius 1 is 1.39 bits per heavy atom. The summed E-state index contributed by atoms with van der Waals surface area (Å²) in [5, 5.41) is 2.90. The fourth-order valence-electron chi connectivity index (χ4n) is 2.73. The van der Waals surface area contributed by atoms with Gasteiger partial charge in [0, 0.05) is 5.56 Å². The Kier molecular flexibility index (Phi) is 4.37. The Morgan fingerprint density at radius 2 is 2.11 bits per heavy atom. The van der Waals surface area contributed by atoms with Crippen LogP contribution in [0.2, 0.25) is 0 Å². The normalized spacial score (nSPS) is 15.9. The lowest BCUT2D eigenvalue weighted by Crippen LogP contribution is -2.18. The first-order valence-corrected chi connectivity index (χ1v) is 6.62. The summed E-state index contributed by atoms with van der Waals surface area (Å²) in [6.07, 6.45) is 4.98. The van der Waals surface area contributed by atoms with Gasteiger partial charge in [0.2, 0.25) is 0 Å². The standard InChI is InChI=1S/C15H21NO2/c1-16-10-14(17)12-7-8-15(18-2)13(9-12)11-5-3-4-6-11/h7-9,11,16H,3-6,10H2,1-2H3. The van der Waals surface area contributed by atoms with Crippen molar-refractivity contribution >= 4 is 5.78 Å². The number of carbonyl (C=O) groups is 1. The van der Waals surface area contributed by atoms with E-state index in [-0.39, 0.29) is 5.78 Å². The molecule has 3 nitrogen and oxygen atoms in total. The van der Waals surface area contributed by atoms with Crippen LogP contribution in [0.3, 0.4) is 0 Å². The molecule has 1 saturated carbocycles. The van der Waals surface area contributed by atoms with Crippen molar-refractivity contribution in [3.63, 3.8) is 0 Å². The van der Waals surface area contributed by atoms with Gasteiger partial charge >= 0.3 is 0 Å². The fraction of sp³-hybridized carbons (Fsp3) is 0.533. The summed E-state index contributed by atoms with van der Waals surface area (Å²) in [5.41, 5.74) is 1.99. The number of hydrogen-bond donors (Lipinski definition) is 1. The second kappa shape index (κ2) is 6.01. The van der Waals surface area contributed by atoms with E-state index in [0.717, 1.165) is 11.3 Å². The van der Waals surface area contributed by atoms with Crippen molar-refractivity contribution in [2.75, 3.05) is 20.7 Å². The van der Waals surface area contributed by atoms with E-state index in [1.165, 1.54) is 31.2 Å². The molecule has 98 valence electrons. The van der Waals surface area contributed by atoms with Crippen LogP contribution in [0.5, 0.6) is 5.75 Å². The molecule has 0 heterocycles. The van der Waals surface area contributed by atoms with E-state index in [9.17, 15) is 4.79 Å². The third-order valence-electron chi connectivity index (χ3n) is 3.68. The summed E-state index contributed by atoms with van der Waals surface area (Å²) in [6.45, 7) is 0.385. The molecular formula is C15H21NO2. The lowest BCUT2D eigenvalue weighted by Gasteiger charge is -2.15. The minimum absolute atomic E-state index is 0.138. The summed E-state index contributed by atoms with van der Waals surface area (Å²) in [4.78, 5) is 11.9. The monoisotopic (exact) mass is 247 g/mol. The quantitative estimate of drug-likeness (QED) is 0.813. The average molecular weight is 247 g/mol. The fourth-order valence-corrected chi connectivity index (χ4v) is 2.73. The predicted molar refractivity (Wildman–Crippen MR) is 72.5 cm³/mol. The minimum Gasteiger partial charge on any atom is -0.496 e. The van der Waals surface area contributed by atoms with Gasteiger partial charge in [0.15, 0.2) is 5.78 Å². The van der Waals surface area contributed by atoms with Gasteiger partial charge in [0.05, 0.1) is 13.7 Å². The van der Waals surface area contributed by atoms with Gasteiger partial charge in [-0.1, -0.05) is 12.8 Å². The van der Waals surface area contributed by atoms with Gasteiger partial charge in [0.25, 0.3) is 0 Å². The zero-order chi connectivity index (χ0) is 13.0. The van der Waals surface area contributed by atoms with E-state index < -0.39 is 0 Å². The van der Waals surface area contributed by atoms with Gasteiger partial charge in [0.1, 0.15) is 5.75 Å². The highest BCUT2D eigenvalue weighted by molar-refractivity contribution is 5.98. The molecule has 1 aliphatic carbocycles. The van der Waals surface area contributed by atoms with Crippen LogP contribution in [-0.4, -0.2) is 26.5 Å². The molecule has 0 radical (unpaired) electrons. The number of rotatable bonds is 5. The zero-order valence-electron chi connectivity index (χ0n) is 11.2. The lowest BCUT2D eigenvalue weighted by molar-refractivity contribution is 0.0993. The summed E-state index contributed by atoms with van der Waals surface area (Å²) < 4.78 is 5.43. The van der Waals surface area contributed by atoms with Crippen LogP contribution in [0.1, 0.15) is 47.5 Å². The number of ether oxygens (including phenoxy) is 1. The molecule has 0 spiro atoms. The van der Waals surface area contributed by atoms with Gasteiger partial charge < -0.3 is 10.1 Å². The third kappa shape index (κ3) is 2.72. The number of methoxy groups -OCH3 is 1. The predicted octanol–water partition coefficient (Wildman–Crippen LogP) is 2.75. The van der Waals surface area contributed by atoms with E-state index in [1.54, 1.807) is 14.2 Å². The minimum atomic E-state index is 0.138. The van der Waals surface area contributed by atoms with Crippen molar-refractivity contribution in [3.05, 3.63) is 29.3 Å². The van der Waals surface area contributed by atoms with Crippen molar-refractivity contribution < 1.29 is 9.53 Å². The molecule has 0 aromatic heterocycles. The molecule has 1 aromatic rings. The number of Topliss-reactive ketones (excluding diaryl/α,β-unsaturated/α-hetero) is 1. The molecule has 0 aliphatic heterocycles. The summed E-state index contributed by atoms with van der Waals surface area (Å²) in [6, 6.07) is 5.81. The maximum absolute atomic E-state index is 11.9. The second-order valence-electron chi connectivity index (χ2n) is 4.89. The van der Waals surface area contributed by atoms with Crippen molar-refractivity contribution in [1.82, 2.24) is 5.32 Å². The largest absolute Gasteiger partial charge is 0.496 e. The molecule has 1 aliphatic rings. The molecule has 18 heavy (non-hydrogen) atoms. The number of ketones is 1. The summed E-state index contributed by atoms with van der Waals surface area (Å²) in [5.74, 6) is 1.62. The molecule has 0 saturated heterocycles. The maximum Gasteiger partial charge on any atom is 0.176 e. The highest BCUT2D eigenvalue weighted by Crippen LogP contribution is 2.39. The van der Waals surface area contributed by atoms with Crippen molar-refractivity contribution in [3.8, 4) is 5.75 Å². The van der Waals surface area contributed by atoms with E-state index in [2.05, 4.69) is 5.32 Å². The van der Waals surface area contributed by atoms with Crippen LogP contribution in [0.4, 0.5) is 0 Å². The first kappa shape index (κ1) is 13.1. The first-order valence-electron chi connectivity index (χ1n) is 6.62. The molecule has 0 unspecified atom stereocenters. The van der Waals surface area contributed by atoms with Gasteiger partial charge in [-0.05, 0) is 49.6 Å². The number of carbonyl (C=O) groups excluding carboxylic acids is 1. The second-order valence-corrected chi connectivity index (χ2v) is 4.89. The number of likely N-dealkylation sites (N-methyl/N-ethyl adjacent to an activating group) is 1. The van der Waals surface area contributed by atoms with Gasteiger partial charge in [-0.15, -0.1) is 0 Å². The van der Waals surface area contributed by atoms with E-state index >= 15 is 0 Å². The molecule has 1 N–H and O–H groups in total. The molecule has 0 bridgehead atoms.